The number of nitrogens with one attached hydrogen (secondary N) is 4. The number of ether oxygens (including phenoxy) is 3. The first kappa shape index (κ1) is 71.8. The maximum Gasteiger partial charge on any atom is 0.317 e. The van der Waals surface area contributed by atoms with Crippen LogP contribution >= 0.6 is 0 Å². The lowest BCUT2D eigenvalue weighted by molar-refractivity contribution is -0.140. The molecule has 3 aliphatic heterocycles. The fourth-order valence-electron chi connectivity index (χ4n) is 10.9. The smallest absolute Gasteiger partial charge is 0.317 e. The van der Waals surface area contributed by atoms with Gasteiger partial charge >= 0.3 is 5.97 Å². The number of unbranched alkanes of at least 4 members (excludes halogenated alkanes) is 3. The van der Waals surface area contributed by atoms with Crippen LogP contribution in [0.3, 0.4) is 0 Å². The summed E-state index contributed by atoms with van der Waals surface area (Å²) in [7, 11) is 0. The maximum atomic E-state index is 14.0. The number of aromatic nitrogens is 1. The number of fused-ring (bicyclic) bond motifs is 1. The van der Waals surface area contributed by atoms with Gasteiger partial charge in [-0.05, 0) is 81.8 Å². The number of carbonyl (C=O) groups is 10. The number of imide groups is 1. The summed E-state index contributed by atoms with van der Waals surface area (Å²) < 4.78 is 44.0. The summed E-state index contributed by atoms with van der Waals surface area (Å²) in [6.07, 6.45) is 10.6. The highest BCUT2D eigenvalue weighted by Crippen LogP contribution is 2.32. The summed E-state index contributed by atoms with van der Waals surface area (Å²) >= 11 is 0. The summed E-state index contributed by atoms with van der Waals surface area (Å²) in [5.41, 5.74) is 3.04. The first-order valence-electron chi connectivity index (χ1n) is 30.9. The molecule has 2 aromatic carbocycles. The van der Waals surface area contributed by atoms with Crippen molar-refractivity contribution in [2.75, 3.05) is 138 Å². The molecular formula is C63H86F2N12O14. The van der Waals surface area contributed by atoms with Crippen LogP contribution in [0, 0.1) is 19.3 Å². The van der Waals surface area contributed by atoms with Gasteiger partial charge in [0.1, 0.15) is 31.7 Å². The molecule has 496 valence electrons. The number of piperazine rings is 1. The number of benzene rings is 2. The number of amides is 7. The zero-order valence-corrected chi connectivity index (χ0v) is 51.8. The third-order valence-electron chi connectivity index (χ3n) is 16.0. The second kappa shape index (κ2) is 37.8. The second-order valence-corrected chi connectivity index (χ2v) is 23.0. The Labute approximate surface area is 528 Å². The van der Waals surface area contributed by atoms with E-state index < -0.39 is 85.3 Å². The summed E-state index contributed by atoms with van der Waals surface area (Å²) in [6, 6.07) is 12.5. The maximum absolute atomic E-state index is 14.0. The Morgan fingerprint density at radius 1 is 0.736 bits per heavy atom. The van der Waals surface area contributed by atoms with E-state index >= 15 is 0 Å². The molecule has 7 amide bonds. The predicted molar refractivity (Wildman–Crippen MR) is 329 cm³/mol. The normalized spacial score (nSPS) is 17.5. The van der Waals surface area contributed by atoms with Crippen molar-refractivity contribution in [3.8, 4) is 18.1 Å². The molecule has 6 rings (SSSR count). The number of likely N-dealkylation sites (tertiary alicyclic amines) is 1. The summed E-state index contributed by atoms with van der Waals surface area (Å²) in [5, 5.41) is 20.8. The summed E-state index contributed by atoms with van der Waals surface area (Å²) in [6.45, 7) is 6.36. The zero-order chi connectivity index (χ0) is 65.5. The van der Waals surface area contributed by atoms with Gasteiger partial charge in [-0.1, -0.05) is 48.6 Å². The van der Waals surface area contributed by atoms with E-state index in [0.29, 0.717) is 140 Å². The van der Waals surface area contributed by atoms with Crippen LogP contribution in [0.25, 0.3) is 10.9 Å². The molecule has 0 aliphatic carbocycles. The van der Waals surface area contributed by atoms with Gasteiger partial charge in [-0.3, -0.25) is 82.7 Å². The second-order valence-electron chi connectivity index (χ2n) is 23.0. The molecule has 0 bridgehead atoms. The standard InChI is InChI=1S/C63H86F2N12O14/c1-3-49-38-63(64,65)42-77(49)59(84)39-68-61(87)51-19-21-66-53-18-17-50(36-52(51)53)91-35-8-7-22-71-31-33-76(34-32-71)58(83)37-56(81)70-62(88)54(11-5-4-6-20-67-55(80)12-9-10-48-15-13-47(2)14-16-48)69-57(82)40-72-23-24-73(41-60(85)86)26-28-75(44-90-46-79)30-29-74(27-25-72)43-89-45-78/h1,13-19,21,36,45-46,49,54H,4-12,20,22-35,37-44H2,2H3,(H,67,80)(H,68,87)(H,69,82)(H,85,86)(H,70,81,88)/t49-,54-/m0/s1. The number of aryl methyl sites for hydroxylation is 2. The van der Waals surface area contributed by atoms with Crippen LogP contribution < -0.4 is 26.0 Å². The number of hydrogen-bond donors (Lipinski definition) is 5. The molecule has 28 heteroatoms. The average molecular weight is 1270 g/mol. The van der Waals surface area contributed by atoms with Crippen molar-refractivity contribution in [2.24, 2.45) is 0 Å². The molecule has 26 nitrogen and oxygen atoms in total. The number of hydrogen-bond acceptors (Lipinski definition) is 19. The molecule has 3 fully saturated rings. The van der Waals surface area contributed by atoms with Gasteiger partial charge in [0.25, 0.3) is 24.8 Å². The lowest BCUT2D eigenvalue weighted by Gasteiger charge is -2.34. The number of rotatable bonds is 33. The van der Waals surface area contributed by atoms with Crippen molar-refractivity contribution >= 4 is 71.2 Å². The van der Waals surface area contributed by atoms with E-state index in [2.05, 4.69) is 49.2 Å². The largest absolute Gasteiger partial charge is 0.494 e. The number of carboxylic acid groups (broad SMARTS) is 1. The fourth-order valence-corrected chi connectivity index (χ4v) is 10.9. The van der Waals surface area contributed by atoms with E-state index in [9.17, 15) is 61.8 Å². The van der Waals surface area contributed by atoms with Crippen molar-refractivity contribution in [2.45, 2.75) is 95.6 Å². The fraction of sp³-hybridized carbons (Fsp3) is 0.571. The number of nitrogens with zero attached hydrogens (tertiary/aromatic N) is 8. The van der Waals surface area contributed by atoms with Crippen molar-refractivity contribution < 1.29 is 76.0 Å². The Balaban J connectivity index is 0.963. The van der Waals surface area contributed by atoms with Gasteiger partial charge in [0.2, 0.25) is 35.4 Å². The van der Waals surface area contributed by atoms with E-state index in [1.54, 1.807) is 32.9 Å². The zero-order valence-electron chi connectivity index (χ0n) is 51.8. The minimum atomic E-state index is -3.11. The van der Waals surface area contributed by atoms with Gasteiger partial charge in [-0.25, -0.2) is 8.78 Å². The minimum Gasteiger partial charge on any atom is -0.494 e. The number of terminal acetylenes is 1. The van der Waals surface area contributed by atoms with E-state index in [-0.39, 0.29) is 70.6 Å². The number of carbonyl (C=O) groups excluding carboxylic acids is 9. The average Bonchev–Trinajstić information content (AvgIpc) is 1.89. The lowest BCUT2D eigenvalue weighted by atomic mass is 10.1. The molecule has 3 aromatic rings. The number of alkyl halides is 2. The summed E-state index contributed by atoms with van der Waals surface area (Å²) in [4.78, 5) is 143. The molecule has 2 atom stereocenters. The highest BCUT2D eigenvalue weighted by molar-refractivity contribution is 6.07. The van der Waals surface area contributed by atoms with E-state index in [0.717, 1.165) is 28.9 Å². The van der Waals surface area contributed by atoms with Crippen LogP contribution in [0.15, 0.2) is 54.7 Å². The molecule has 0 spiro atoms. The molecule has 3 saturated heterocycles. The van der Waals surface area contributed by atoms with Crippen molar-refractivity contribution in [3.05, 3.63) is 71.4 Å². The van der Waals surface area contributed by atoms with Crippen molar-refractivity contribution in [3.63, 3.8) is 0 Å². The van der Waals surface area contributed by atoms with Gasteiger partial charge in [-0.2, -0.15) is 0 Å². The van der Waals surface area contributed by atoms with Crippen molar-refractivity contribution in [1.82, 2.24) is 60.6 Å². The van der Waals surface area contributed by atoms with E-state index in [1.165, 1.54) is 12.3 Å². The number of aliphatic carboxylic acids is 1. The van der Waals surface area contributed by atoms with Crippen LogP contribution in [0.5, 0.6) is 5.75 Å². The number of carboxylic acids is 1. The molecule has 0 saturated carbocycles. The first-order valence-corrected chi connectivity index (χ1v) is 30.9. The van der Waals surface area contributed by atoms with Gasteiger partial charge in [-0.15, -0.1) is 6.42 Å². The molecule has 0 unspecified atom stereocenters. The highest BCUT2D eigenvalue weighted by Gasteiger charge is 2.46. The lowest BCUT2D eigenvalue weighted by Crippen LogP contribution is -2.53. The van der Waals surface area contributed by atoms with Crippen LogP contribution in [0.2, 0.25) is 0 Å². The minimum absolute atomic E-state index is 0.0319. The molecule has 91 heavy (non-hydrogen) atoms. The van der Waals surface area contributed by atoms with E-state index in [4.69, 9.17) is 20.6 Å². The van der Waals surface area contributed by atoms with Crippen LogP contribution in [0.4, 0.5) is 8.78 Å². The molecule has 0 radical (unpaired) electrons. The van der Waals surface area contributed by atoms with Crippen LogP contribution in [0.1, 0.15) is 85.7 Å². The van der Waals surface area contributed by atoms with Gasteiger partial charge in [0, 0.05) is 110 Å². The van der Waals surface area contributed by atoms with Crippen LogP contribution in [-0.4, -0.2) is 261 Å². The number of halogens is 2. The molecule has 5 N–H and O–H groups in total. The predicted octanol–water partition coefficient (Wildman–Crippen LogP) is 1.23. The third-order valence-corrected chi connectivity index (χ3v) is 16.0. The highest BCUT2D eigenvalue weighted by atomic mass is 19.3. The first-order chi connectivity index (χ1) is 43.8. The molecule has 4 heterocycles. The Kier molecular flexibility index (Phi) is 29.9. The Morgan fingerprint density at radius 2 is 1.38 bits per heavy atom. The quantitative estimate of drug-likeness (QED) is 0.0248. The molecule has 3 aliphatic rings. The third kappa shape index (κ3) is 25.5. The van der Waals surface area contributed by atoms with E-state index in [1.807, 2.05) is 28.9 Å². The van der Waals surface area contributed by atoms with Gasteiger partial charge in [0.15, 0.2) is 0 Å². The Bertz CT molecular complexity index is 2970. The molecule has 1 aromatic heterocycles. The topological polar surface area (TPSA) is 302 Å². The Hall–Kier alpha value is -8.23. The molecular weight excluding hydrogens is 1190 g/mol. The monoisotopic (exact) mass is 1270 g/mol. The number of pyridine rings is 1. The van der Waals surface area contributed by atoms with Gasteiger partial charge in [0.05, 0.1) is 49.9 Å². The summed E-state index contributed by atoms with van der Waals surface area (Å²) in [5.74, 6) is -5.50. The van der Waals surface area contributed by atoms with Crippen molar-refractivity contribution in [1.29, 1.82) is 0 Å². The SMILES string of the molecule is C#C[C@H]1CC(F)(F)CN1C(=O)CNC(=O)c1ccnc2ccc(OCCCCN3CCN(C(=O)CC(=O)NC(=O)[C@H](CCCCCNC(=O)CCCc4ccc(C)cc4)NC(=O)CN4CCN(COC=O)CCN(COC=O)CCN(CC(=O)O)CC4)CC3)cc12. The Morgan fingerprint density at radius 3 is 2.03 bits per heavy atom. The van der Waals surface area contributed by atoms with Gasteiger partial charge < -0.3 is 45.1 Å². The van der Waals surface area contributed by atoms with Crippen LogP contribution in [-0.2, 0) is 59.0 Å².